The van der Waals surface area contributed by atoms with Crippen molar-refractivity contribution in [1.29, 1.82) is 0 Å². The molecule has 0 aliphatic carbocycles. The Morgan fingerprint density at radius 2 is 1.45 bits per heavy atom. The van der Waals surface area contributed by atoms with Gasteiger partial charge in [-0.05, 0) is 6.92 Å². The van der Waals surface area contributed by atoms with E-state index < -0.39 is 0 Å². The molecule has 112 valence electrons. The first kappa shape index (κ1) is 14.8. The minimum Gasteiger partial charge on any atom is -0.378 e. The van der Waals surface area contributed by atoms with Crippen LogP contribution in [0.15, 0.2) is 22.4 Å². The molecule has 2 aliphatic heterocycles. The summed E-state index contributed by atoms with van der Waals surface area (Å²) in [7, 11) is 0. The van der Waals surface area contributed by atoms with E-state index in [-0.39, 0.29) is 5.96 Å². The lowest BCUT2D eigenvalue weighted by Gasteiger charge is -2.29. The highest BCUT2D eigenvalue weighted by molar-refractivity contribution is 5.94. The molecule has 2 aliphatic rings. The Labute approximate surface area is 119 Å². The highest BCUT2D eigenvalue weighted by Gasteiger charge is 2.13. The second kappa shape index (κ2) is 7.25. The Hall–Kier alpha value is -1.60. The molecule has 0 aromatic heterocycles. The normalized spacial score (nSPS) is 22.1. The Kier molecular flexibility index (Phi) is 5.37. The summed E-state index contributed by atoms with van der Waals surface area (Å²) in [5.74, 6) is 1.75. The third-order valence-corrected chi connectivity index (χ3v) is 3.36. The van der Waals surface area contributed by atoms with Crippen molar-refractivity contribution in [3.8, 4) is 0 Å². The molecule has 0 radical (unpaired) electrons. The number of aliphatic imine (C=N–C) groups is 2. The lowest BCUT2D eigenvalue weighted by Crippen LogP contribution is -2.40. The van der Waals surface area contributed by atoms with Gasteiger partial charge in [0.25, 0.3) is 0 Å². The van der Waals surface area contributed by atoms with Crippen LogP contribution >= 0.6 is 0 Å². The summed E-state index contributed by atoms with van der Waals surface area (Å²) in [4.78, 5) is 12.8. The topological polar surface area (TPSA) is 75.7 Å². The van der Waals surface area contributed by atoms with E-state index in [2.05, 4.69) is 26.4 Å². The van der Waals surface area contributed by atoms with Crippen LogP contribution < -0.4 is 5.73 Å². The Morgan fingerprint density at radius 3 is 2.00 bits per heavy atom. The van der Waals surface area contributed by atoms with E-state index in [1.54, 1.807) is 0 Å². The zero-order valence-corrected chi connectivity index (χ0v) is 12.0. The van der Waals surface area contributed by atoms with Gasteiger partial charge in [-0.3, -0.25) is 0 Å². The molecule has 20 heavy (non-hydrogen) atoms. The highest BCUT2D eigenvalue weighted by atomic mass is 16.5. The minimum absolute atomic E-state index is 0.241. The van der Waals surface area contributed by atoms with Crippen LogP contribution in [0.1, 0.15) is 6.92 Å². The van der Waals surface area contributed by atoms with E-state index in [4.69, 9.17) is 15.2 Å². The van der Waals surface area contributed by atoms with Crippen LogP contribution in [-0.2, 0) is 9.47 Å². The molecule has 0 bridgehead atoms. The molecule has 2 saturated heterocycles. The summed E-state index contributed by atoms with van der Waals surface area (Å²) in [5, 5.41) is 0. The monoisotopic (exact) mass is 281 g/mol. The van der Waals surface area contributed by atoms with Gasteiger partial charge in [-0.15, -0.1) is 0 Å². The molecule has 0 aromatic rings. The lowest BCUT2D eigenvalue weighted by molar-refractivity contribution is 0.0534. The van der Waals surface area contributed by atoms with Gasteiger partial charge in [0.05, 0.1) is 26.4 Å². The molecule has 2 rings (SSSR count). The van der Waals surface area contributed by atoms with E-state index in [1.807, 2.05) is 6.92 Å². The number of guanidine groups is 1. The number of hydrogen-bond acceptors (Lipinski definition) is 4. The molecular formula is C13H23N5O2. The second-order valence-corrected chi connectivity index (χ2v) is 4.74. The van der Waals surface area contributed by atoms with Gasteiger partial charge in [-0.2, -0.15) is 4.99 Å². The van der Waals surface area contributed by atoms with Gasteiger partial charge in [0.15, 0.2) is 0 Å². The summed E-state index contributed by atoms with van der Waals surface area (Å²) >= 11 is 0. The molecule has 0 atom stereocenters. The van der Waals surface area contributed by atoms with Gasteiger partial charge in [-0.1, -0.05) is 6.58 Å². The Bertz CT molecular complexity index is 396. The van der Waals surface area contributed by atoms with Crippen LogP contribution in [0.5, 0.6) is 0 Å². The molecule has 0 aromatic carbocycles. The maximum Gasteiger partial charge on any atom is 0.223 e. The largest absolute Gasteiger partial charge is 0.378 e. The fourth-order valence-electron chi connectivity index (χ4n) is 2.17. The summed E-state index contributed by atoms with van der Waals surface area (Å²) < 4.78 is 10.6. The molecule has 0 spiro atoms. The summed E-state index contributed by atoms with van der Waals surface area (Å²) in [6.45, 7) is 12.0. The van der Waals surface area contributed by atoms with Crippen LogP contribution in [0.3, 0.4) is 0 Å². The van der Waals surface area contributed by atoms with E-state index in [9.17, 15) is 0 Å². The molecule has 2 fully saturated rings. The average Bonchev–Trinajstić information content (AvgIpc) is 2.49. The fourth-order valence-corrected chi connectivity index (χ4v) is 2.17. The number of nitrogens with two attached hydrogens (primary N) is 1. The number of rotatable bonds is 2. The molecule has 7 nitrogen and oxygen atoms in total. The molecule has 7 heteroatoms. The molecular weight excluding hydrogens is 258 g/mol. The maximum atomic E-state index is 5.87. The Balaban J connectivity index is 1.92. The van der Waals surface area contributed by atoms with Crippen molar-refractivity contribution < 1.29 is 9.47 Å². The number of nitrogens with zero attached hydrogens (tertiary/aromatic N) is 4. The average molecular weight is 281 g/mol. The van der Waals surface area contributed by atoms with Gasteiger partial charge in [0.1, 0.15) is 11.7 Å². The number of morpholine rings is 2. The fraction of sp³-hybridized carbons (Fsp3) is 0.692. The highest BCUT2D eigenvalue weighted by Crippen LogP contribution is 2.07. The Morgan fingerprint density at radius 1 is 0.950 bits per heavy atom. The number of ether oxygens (including phenoxy) is 2. The third kappa shape index (κ3) is 4.21. The predicted octanol–water partition coefficient (Wildman–Crippen LogP) is -0.145. The lowest BCUT2D eigenvalue weighted by atomic mass is 10.4. The van der Waals surface area contributed by atoms with Crippen LogP contribution in [0.25, 0.3) is 0 Å². The maximum absolute atomic E-state index is 5.87. The summed E-state index contributed by atoms with van der Waals surface area (Å²) in [5.41, 5.74) is 5.87. The standard InChI is InChI=1S/C13H23N5O2/c1-11(17-3-7-19-8-4-17)15-13(14)16-12(2)18-5-9-20-10-6-18/h1,3-10H2,2H3,(H2,14,15). The zero-order chi connectivity index (χ0) is 14.4. The number of hydrogen-bond donors (Lipinski definition) is 1. The van der Waals surface area contributed by atoms with Crippen LogP contribution in [0.2, 0.25) is 0 Å². The summed E-state index contributed by atoms with van der Waals surface area (Å²) in [6, 6.07) is 0. The van der Waals surface area contributed by atoms with Crippen molar-refractivity contribution in [2.24, 2.45) is 15.7 Å². The van der Waals surface area contributed by atoms with Crippen molar-refractivity contribution in [3.05, 3.63) is 12.4 Å². The smallest absolute Gasteiger partial charge is 0.223 e. The zero-order valence-electron chi connectivity index (χ0n) is 12.0. The molecule has 0 saturated carbocycles. The second-order valence-electron chi connectivity index (χ2n) is 4.74. The minimum atomic E-state index is 0.241. The van der Waals surface area contributed by atoms with Gasteiger partial charge in [0.2, 0.25) is 5.96 Å². The van der Waals surface area contributed by atoms with Gasteiger partial charge in [-0.25, -0.2) is 4.99 Å². The van der Waals surface area contributed by atoms with Gasteiger partial charge >= 0.3 is 0 Å². The van der Waals surface area contributed by atoms with Crippen molar-refractivity contribution in [3.63, 3.8) is 0 Å². The van der Waals surface area contributed by atoms with Gasteiger partial charge < -0.3 is 25.0 Å². The van der Waals surface area contributed by atoms with Crippen LogP contribution in [0, 0.1) is 0 Å². The SMILES string of the molecule is C=C(N=C(N)N=C(C)N1CCOCC1)N1CCOCC1. The molecule has 0 unspecified atom stereocenters. The number of amidine groups is 1. The first-order valence-corrected chi connectivity index (χ1v) is 6.90. The van der Waals surface area contributed by atoms with Crippen molar-refractivity contribution in [1.82, 2.24) is 9.80 Å². The van der Waals surface area contributed by atoms with Crippen molar-refractivity contribution in [2.45, 2.75) is 6.92 Å². The van der Waals surface area contributed by atoms with Crippen LogP contribution in [-0.4, -0.2) is 74.2 Å². The molecule has 2 N–H and O–H groups in total. The first-order valence-electron chi connectivity index (χ1n) is 6.90. The van der Waals surface area contributed by atoms with E-state index in [0.717, 1.165) is 45.2 Å². The quantitative estimate of drug-likeness (QED) is 0.563. The summed E-state index contributed by atoms with van der Waals surface area (Å²) in [6.07, 6.45) is 0. The first-order chi connectivity index (χ1) is 9.66. The van der Waals surface area contributed by atoms with Crippen LogP contribution in [0.4, 0.5) is 0 Å². The van der Waals surface area contributed by atoms with Crippen molar-refractivity contribution in [2.75, 3.05) is 52.6 Å². The van der Waals surface area contributed by atoms with E-state index in [1.165, 1.54) is 0 Å². The van der Waals surface area contributed by atoms with Gasteiger partial charge in [0, 0.05) is 26.2 Å². The predicted molar refractivity (Wildman–Crippen MR) is 78.7 cm³/mol. The molecule has 0 amide bonds. The van der Waals surface area contributed by atoms with Crippen molar-refractivity contribution >= 4 is 11.8 Å². The van der Waals surface area contributed by atoms with E-state index >= 15 is 0 Å². The molecule has 2 heterocycles. The third-order valence-electron chi connectivity index (χ3n) is 3.36. The van der Waals surface area contributed by atoms with E-state index in [0.29, 0.717) is 19.0 Å².